The normalized spacial score (nSPS) is 11.5. The van der Waals surface area contributed by atoms with Crippen molar-refractivity contribution in [3.63, 3.8) is 0 Å². The van der Waals surface area contributed by atoms with Crippen LogP contribution in [0.4, 0.5) is 11.4 Å². The molecule has 0 spiro atoms. The minimum Gasteiger partial charge on any atom is -0.340 e. The Labute approximate surface area is 187 Å². The van der Waals surface area contributed by atoms with Gasteiger partial charge in [0.05, 0.1) is 11.4 Å². The van der Waals surface area contributed by atoms with Crippen LogP contribution in [0.2, 0.25) is 0 Å². The highest BCUT2D eigenvalue weighted by Crippen LogP contribution is 2.25. The highest BCUT2D eigenvalue weighted by Gasteiger charge is 2.23. The summed E-state index contributed by atoms with van der Waals surface area (Å²) in [6.07, 6.45) is 1.84. The molecule has 0 saturated heterocycles. The van der Waals surface area contributed by atoms with Crippen LogP contribution in [-0.4, -0.2) is 38.0 Å². The molecule has 0 heterocycles. The molecule has 32 heavy (non-hydrogen) atoms. The number of amides is 2. The van der Waals surface area contributed by atoms with E-state index in [0.717, 1.165) is 5.56 Å². The van der Waals surface area contributed by atoms with Crippen LogP contribution in [0, 0.1) is 0 Å². The monoisotopic (exact) mass is 427 g/mol. The summed E-state index contributed by atoms with van der Waals surface area (Å²) in [6.45, 7) is 3.56. The molecule has 0 saturated carbocycles. The number of nitrogens with zero attached hydrogens (tertiary/aromatic N) is 3. The molecular formula is C25H25N5O2. The quantitative estimate of drug-likeness (QED) is 0.310. The Morgan fingerprint density at radius 2 is 1.59 bits per heavy atom. The van der Waals surface area contributed by atoms with Crippen molar-refractivity contribution in [2.45, 2.75) is 12.5 Å². The number of nitrogens with one attached hydrogen (secondary N) is 2. The summed E-state index contributed by atoms with van der Waals surface area (Å²) < 4.78 is 0. The zero-order valence-corrected chi connectivity index (χ0v) is 17.8. The number of para-hydroxylation sites is 2. The second kappa shape index (κ2) is 11.2. The molecule has 0 fully saturated rings. The van der Waals surface area contributed by atoms with Gasteiger partial charge in [0.1, 0.15) is 12.4 Å². The number of carbonyl (C=O) groups is 2. The molecule has 1 unspecified atom stereocenters. The number of anilines is 2. The second-order valence-electron chi connectivity index (χ2n) is 6.95. The highest BCUT2D eigenvalue weighted by atomic mass is 16.2. The van der Waals surface area contributed by atoms with Gasteiger partial charge in [0.25, 0.3) is 5.91 Å². The van der Waals surface area contributed by atoms with Crippen LogP contribution in [0.5, 0.6) is 0 Å². The fraction of sp³-hybridized carbons (Fsp3) is 0.120. The van der Waals surface area contributed by atoms with Gasteiger partial charge in [-0.3, -0.25) is 14.6 Å². The van der Waals surface area contributed by atoms with Gasteiger partial charge in [-0.15, -0.1) is 0 Å². The average Bonchev–Trinajstić information content (AvgIpc) is 2.83. The fourth-order valence-electron chi connectivity index (χ4n) is 3.17. The predicted molar refractivity (Wildman–Crippen MR) is 129 cm³/mol. The molecule has 2 amide bonds. The zero-order valence-electron chi connectivity index (χ0n) is 17.8. The molecule has 3 aromatic carbocycles. The molecule has 0 aliphatic carbocycles. The van der Waals surface area contributed by atoms with Gasteiger partial charge in [0, 0.05) is 25.7 Å². The largest absolute Gasteiger partial charge is 0.340 e. The van der Waals surface area contributed by atoms with E-state index in [1.54, 1.807) is 49.5 Å². The molecule has 162 valence electrons. The van der Waals surface area contributed by atoms with E-state index in [0.29, 0.717) is 23.4 Å². The maximum atomic E-state index is 13.3. The molecule has 0 radical (unpaired) electrons. The molecular weight excluding hydrogens is 402 g/mol. The summed E-state index contributed by atoms with van der Waals surface area (Å²) in [4.78, 5) is 30.0. The van der Waals surface area contributed by atoms with Crippen LogP contribution in [0.1, 0.15) is 15.9 Å². The van der Waals surface area contributed by atoms with Crippen molar-refractivity contribution in [3.05, 3.63) is 96.1 Å². The topological polar surface area (TPSA) is 86.2 Å². The van der Waals surface area contributed by atoms with Gasteiger partial charge in [0.2, 0.25) is 5.91 Å². The van der Waals surface area contributed by atoms with E-state index in [4.69, 9.17) is 0 Å². The minimum atomic E-state index is -0.789. The first-order valence-corrected chi connectivity index (χ1v) is 10.1. The van der Waals surface area contributed by atoms with E-state index in [1.807, 2.05) is 42.5 Å². The summed E-state index contributed by atoms with van der Waals surface area (Å²) >= 11 is 0. The molecule has 7 heteroatoms. The van der Waals surface area contributed by atoms with E-state index in [2.05, 4.69) is 27.4 Å². The average molecular weight is 428 g/mol. The summed E-state index contributed by atoms with van der Waals surface area (Å²) in [5.41, 5.74) is 2.55. The number of hydrogen-bond donors (Lipinski definition) is 2. The molecule has 7 nitrogen and oxygen atoms in total. The lowest BCUT2D eigenvalue weighted by Crippen LogP contribution is -2.45. The molecule has 3 rings (SSSR count). The first-order chi connectivity index (χ1) is 15.6. The molecule has 0 bridgehead atoms. The van der Waals surface area contributed by atoms with Crippen molar-refractivity contribution in [3.8, 4) is 0 Å². The Bertz CT molecular complexity index is 1080. The minimum absolute atomic E-state index is 0.317. The maximum absolute atomic E-state index is 13.3. The third kappa shape index (κ3) is 5.89. The van der Waals surface area contributed by atoms with Crippen LogP contribution < -0.4 is 15.6 Å². The number of rotatable bonds is 9. The predicted octanol–water partition coefficient (Wildman–Crippen LogP) is 3.75. The number of hydrazone groups is 1. The van der Waals surface area contributed by atoms with Crippen LogP contribution in [0.25, 0.3) is 0 Å². The second-order valence-corrected chi connectivity index (χ2v) is 6.95. The van der Waals surface area contributed by atoms with E-state index in [1.165, 1.54) is 11.3 Å². The Balaban J connectivity index is 1.85. The third-order valence-corrected chi connectivity index (χ3v) is 4.73. The lowest BCUT2D eigenvalue weighted by Gasteiger charge is -2.21. The van der Waals surface area contributed by atoms with Crippen molar-refractivity contribution >= 4 is 36.2 Å². The summed E-state index contributed by atoms with van der Waals surface area (Å²) in [5, 5.41) is 11.2. The Morgan fingerprint density at radius 1 is 0.969 bits per heavy atom. The van der Waals surface area contributed by atoms with Gasteiger partial charge in [0.15, 0.2) is 0 Å². The SMILES string of the molecule is C=NN(C=NC)c1ccccc1NC(=O)C(Cc1ccccc1)NC(=O)c1ccccc1. The third-order valence-electron chi connectivity index (χ3n) is 4.73. The standard InChI is InChI=1S/C25H25N5O2/c1-26-18-30(27-2)23-16-10-9-15-21(23)28-25(32)22(17-19-11-5-3-6-12-19)29-24(31)20-13-7-4-8-14-20/h3-16,18,22H,2,17H2,1H3,(H,28,32)(H,29,31). The van der Waals surface area contributed by atoms with Gasteiger partial charge in [-0.25, -0.2) is 5.01 Å². The lowest BCUT2D eigenvalue weighted by atomic mass is 10.0. The van der Waals surface area contributed by atoms with Gasteiger partial charge >= 0.3 is 0 Å². The molecule has 0 aliphatic heterocycles. The first-order valence-electron chi connectivity index (χ1n) is 10.1. The van der Waals surface area contributed by atoms with E-state index in [-0.39, 0.29) is 11.8 Å². The smallest absolute Gasteiger partial charge is 0.251 e. The number of carbonyl (C=O) groups excluding carboxylic acids is 2. The number of benzene rings is 3. The zero-order chi connectivity index (χ0) is 22.8. The van der Waals surface area contributed by atoms with Crippen LogP contribution in [-0.2, 0) is 11.2 Å². The Kier molecular flexibility index (Phi) is 7.86. The lowest BCUT2D eigenvalue weighted by molar-refractivity contribution is -0.118. The van der Waals surface area contributed by atoms with Crippen molar-refractivity contribution in [1.82, 2.24) is 5.32 Å². The Hall–Kier alpha value is -4.26. The number of hydrogen-bond acceptors (Lipinski definition) is 4. The summed E-state index contributed by atoms with van der Waals surface area (Å²) in [6, 6.07) is 24.7. The van der Waals surface area contributed by atoms with Crippen molar-refractivity contribution in [1.29, 1.82) is 0 Å². The molecule has 1 atom stereocenters. The van der Waals surface area contributed by atoms with E-state index in [9.17, 15) is 9.59 Å². The Morgan fingerprint density at radius 3 is 2.25 bits per heavy atom. The van der Waals surface area contributed by atoms with Crippen LogP contribution in [0.3, 0.4) is 0 Å². The highest BCUT2D eigenvalue weighted by molar-refractivity contribution is 6.03. The van der Waals surface area contributed by atoms with Crippen molar-refractivity contribution < 1.29 is 9.59 Å². The summed E-state index contributed by atoms with van der Waals surface area (Å²) in [7, 11) is 1.62. The van der Waals surface area contributed by atoms with Crippen LogP contribution >= 0.6 is 0 Å². The van der Waals surface area contributed by atoms with Crippen molar-refractivity contribution in [2.24, 2.45) is 10.1 Å². The van der Waals surface area contributed by atoms with Crippen molar-refractivity contribution in [2.75, 3.05) is 17.4 Å². The molecule has 0 aromatic heterocycles. The fourth-order valence-corrected chi connectivity index (χ4v) is 3.17. The van der Waals surface area contributed by atoms with Gasteiger partial charge < -0.3 is 10.6 Å². The maximum Gasteiger partial charge on any atom is 0.251 e. The summed E-state index contributed by atoms with van der Waals surface area (Å²) in [5.74, 6) is -0.662. The molecule has 3 aromatic rings. The number of aliphatic imine (C=N–C) groups is 1. The van der Waals surface area contributed by atoms with Gasteiger partial charge in [-0.05, 0) is 29.8 Å². The van der Waals surface area contributed by atoms with E-state index < -0.39 is 6.04 Å². The molecule has 2 N–H and O–H groups in total. The van der Waals surface area contributed by atoms with Crippen LogP contribution in [0.15, 0.2) is 95.0 Å². The first kappa shape index (κ1) is 22.4. The van der Waals surface area contributed by atoms with E-state index >= 15 is 0 Å². The van der Waals surface area contributed by atoms with Gasteiger partial charge in [-0.2, -0.15) is 5.10 Å². The van der Waals surface area contributed by atoms with Gasteiger partial charge in [-0.1, -0.05) is 60.7 Å². The molecule has 0 aliphatic rings.